The number of benzene rings is 2. The number of rotatable bonds is 7. The second-order valence-electron chi connectivity index (χ2n) is 5.58. The van der Waals surface area contributed by atoms with E-state index in [4.69, 9.17) is 4.74 Å². The van der Waals surface area contributed by atoms with Crippen molar-refractivity contribution >= 4 is 12.6 Å². The molecule has 0 amide bonds. The van der Waals surface area contributed by atoms with Crippen LogP contribution < -0.4 is 10.1 Å². The molecular formula is C20H19FN2OS. The number of aromatic nitrogens is 1. The molecule has 3 aromatic rings. The van der Waals surface area contributed by atoms with Crippen LogP contribution in [0.2, 0.25) is 0 Å². The summed E-state index contributed by atoms with van der Waals surface area (Å²) in [6.07, 6.45) is 3.60. The van der Waals surface area contributed by atoms with Crippen LogP contribution in [0.3, 0.4) is 0 Å². The molecule has 1 aromatic heterocycles. The topological polar surface area (TPSA) is 34.2 Å². The largest absolute Gasteiger partial charge is 0.491 e. The molecule has 0 unspecified atom stereocenters. The van der Waals surface area contributed by atoms with Gasteiger partial charge in [-0.05, 0) is 41.5 Å². The molecule has 0 fully saturated rings. The van der Waals surface area contributed by atoms with Crippen molar-refractivity contribution in [3.8, 4) is 16.9 Å². The number of halogens is 1. The van der Waals surface area contributed by atoms with Crippen LogP contribution in [0.15, 0.2) is 71.9 Å². The fourth-order valence-corrected chi connectivity index (χ4v) is 2.65. The van der Waals surface area contributed by atoms with Crippen LogP contribution in [-0.2, 0) is 6.54 Å². The van der Waals surface area contributed by atoms with Gasteiger partial charge in [-0.3, -0.25) is 4.98 Å². The third-order valence-corrected chi connectivity index (χ3v) is 4.07. The second kappa shape index (κ2) is 8.65. The Morgan fingerprint density at radius 2 is 1.80 bits per heavy atom. The van der Waals surface area contributed by atoms with E-state index in [0.29, 0.717) is 19.7 Å². The van der Waals surface area contributed by atoms with E-state index in [2.05, 4.69) is 29.0 Å². The summed E-state index contributed by atoms with van der Waals surface area (Å²) in [7, 11) is 0. The molecule has 0 atom stereocenters. The first kappa shape index (κ1) is 17.5. The maximum atomic E-state index is 13.0. The van der Waals surface area contributed by atoms with E-state index in [-0.39, 0.29) is 5.82 Å². The van der Waals surface area contributed by atoms with Gasteiger partial charge in [-0.25, -0.2) is 4.39 Å². The van der Waals surface area contributed by atoms with Crippen LogP contribution >= 0.6 is 12.6 Å². The molecular weight excluding hydrogens is 335 g/mol. The third-order valence-electron chi connectivity index (χ3n) is 3.70. The molecule has 0 saturated heterocycles. The Bertz CT molecular complexity index is 824. The zero-order valence-electron chi connectivity index (χ0n) is 13.7. The lowest BCUT2D eigenvalue weighted by atomic mass is 10.1. The summed E-state index contributed by atoms with van der Waals surface area (Å²) < 4.78 is 18.7. The number of ether oxygens (including phenoxy) is 1. The van der Waals surface area contributed by atoms with Gasteiger partial charge in [0, 0.05) is 35.9 Å². The van der Waals surface area contributed by atoms with Crippen LogP contribution in [0, 0.1) is 5.82 Å². The second-order valence-corrected chi connectivity index (χ2v) is 6.06. The first-order valence-electron chi connectivity index (χ1n) is 8.04. The maximum Gasteiger partial charge on any atom is 0.132 e. The number of hydrogen-bond donors (Lipinski definition) is 2. The molecule has 128 valence electrons. The Hall–Kier alpha value is -2.37. The molecule has 0 aliphatic carbocycles. The molecule has 1 heterocycles. The summed E-state index contributed by atoms with van der Waals surface area (Å²) >= 11 is 4.36. The number of nitrogens with zero attached hydrogens (tertiary/aromatic N) is 1. The van der Waals surface area contributed by atoms with Gasteiger partial charge >= 0.3 is 0 Å². The minimum absolute atomic E-state index is 0.239. The van der Waals surface area contributed by atoms with E-state index >= 15 is 0 Å². The van der Waals surface area contributed by atoms with Gasteiger partial charge in [-0.2, -0.15) is 0 Å². The zero-order valence-corrected chi connectivity index (χ0v) is 14.5. The molecule has 5 heteroatoms. The first-order chi connectivity index (χ1) is 12.2. The lowest BCUT2D eigenvalue weighted by molar-refractivity contribution is 0.307. The maximum absolute atomic E-state index is 13.0. The average Bonchev–Trinajstić information content (AvgIpc) is 2.64. The van der Waals surface area contributed by atoms with Crippen LogP contribution in [0.1, 0.15) is 5.56 Å². The number of para-hydroxylation sites is 1. The van der Waals surface area contributed by atoms with Crippen LogP contribution in [0.4, 0.5) is 4.39 Å². The fraction of sp³-hybridized carbons (Fsp3) is 0.150. The lowest BCUT2D eigenvalue weighted by Crippen LogP contribution is -2.20. The molecule has 0 saturated carbocycles. The Balaban J connectivity index is 1.49. The fourth-order valence-electron chi connectivity index (χ4n) is 2.43. The smallest absolute Gasteiger partial charge is 0.132 e. The molecule has 2 aromatic carbocycles. The highest BCUT2D eigenvalue weighted by Crippen LogP contribution is 2.21. The van der Waals surface area contributed by atoms with Gasteiger partial charge in [-0.1, -0.05) is 24.3 Å². The average molecular weight is 354 g/mol. The van der Waals surface area contributed by atoms with Gasteiger partial charge in [-0.15, -0.1) is 12.6 Å². The predicted octanol–water partition coefficient (Wildman–Crippen LogP) is 4.35. The third kappa shape index (κ3) is 5.05. The minimum Gasteiger partial charge on any atom is -0.491 e. The molecule has 1 N–H and O–H groups in total. The summed E-state index contributed by atoms with van der Waals surface area (Å²) in [5, 5.41) is 3.33. The number of pyridine rings is 1. The Kier molecular flexibility index (Phi) is 6.04. The van der Waals surface area contributed by atoms with E-state index in [1.807, 2.05) is 30.5 Å². The quantitative estimate of drug-likeness (QED) is 0.489. The summed E-state index contributed by atoms with van der Waals surface area (Å²) in [6.45, 7) is 1.96. The highest BCUT2D eigenvalue weighted by Gasteiger charge is 2.02. The molecule has 25 heavy (non-hydrogen) atoms. The minimum atomic E-state index is -0.239. The molecule has 0 spiro atoms. The molecule has 0 aliphatic rings. The molecule has 3 nitrogen and oxygen atoms in total. The first-order valence-corrected chi connectivity index (χ1v) is 8.48. The highest BCUT2D eigenvalue weighted by atomic mass is 32.1. The lowest BCUT2D eigenvalue weighted by Gasteiger charge is -2.10. The van der Waals surface area contributed by atoms with Gasteiger partial charge < -0.3 is 10.1 Å². The Morgan fingerprint density at radius 1 is 1.00 bits per heavy atom. The van der Waals surface area contributed by atoms with Crippen molar-refractivity contribution in [2.75, 3.05) is 13.2 Å². The standard InChI is InChI=1S/C20H19FN2OS/c21-18-7-5-16(6-8-18)17-11-15(13-23-14-17)12-22-9-10-24-19-3-1-2-4-20(19)25/h1-8,11,13-14,22,25H,9-10,12H2. The van der Waals surface area contributed by atoms with Gasteiger partial charge in [0.15, 0.2) is 0 Å². The van der Waals surface area contributed by atoms with E-state index in [1.165, 1.54) is 12.1 Å². The highest BCUT2D eigenvalue weighted by molar-refractivity contribution is 7.80. The van der Waals surface area contributed by atoms with Crippen molar-refractivity contribution in [2.24, 2.45) is 0 Å². The summed E-state index contributed by atoms with van der Waals surface area (Å²) in [6, 6.07) is 16.1. The summed E-state index contributed by atoms with van der Waals surface area (Å²) in [4.78, 5) is 5.10. The Morgan fingerprint density at radius 3 is 2.60 bits per heavy atom. The van der Waals surface area contributed by atoms with Gasteiger partial charge in [0.2, 0.25) is 0 Å². The van der Waals surface area contributed by atoms with Crippen molar-refractivity contribution in [3.05, 3.63) is 78.4 Å². The molecule has 3 rings (SSSR count). The normalized spacial score (nSPS) is 10.6. The summed E-state index contributed by atoms with van der Waals surface area (Å²) in [5.41, 5.74) is 2.99. The van der Waals surface area contributed by atoms with E-state index in [0.717, 1.165) is 27.3 Å². The molecule has 0 radical (unpaired) electrons. The van der Waals surface area contributed by atoms with Gasteiger partial charge in [0.05, 0.1) is 0 Å². The summed E-state index contributed by atoms with van der Waals surface area (Å²) in [5.74, 6) is 0.546. The van der Waals surface area contributed by atoms with Crippen molar-refractivity contribution < 1.29 is 9.13 Å². The predicted molar refractivity (Wildman–Crippen MR) is 101 cm³/mol. The van der Waals surface area contributed by atoms with Gasteiger partial charge in [0.1, 0.15) is 18.2 Å². The number of thiol groups is 1. The number of hydrogen-bond acceptors (Lipinski definition) is 4. The van der Waals surface area contributed by atoms with Gasteiger partial charge in [0.25, 0.3) is 0 Å². The van der Waals surface area contributed by atoms with Crippen molar-refractivity contribution in [1.82, 2.24) is 10.3 Å². The van der Waals surface area contributed by atoms with Crippen molar-refractivity contribution in [3.63, 3.8) is 0 Å². The molecule has 0 aliphatic heterocycles. The Labute approximate surface area is 152 Å². The van der Waals surface area contributed by atoms with E-state index in [9.17, 15) is 4.39 Å². The van der Waals surface area contributed by atoms with Crippen molar-refractivity contribution in [2.45, 2.75) is 11.4 Å². The van der Waals surface area contributed by atoms with Crippen LogP contribution in [-0.4, -0.2) is 18.1 Å². The van der Waals surface area contributed by atoms with E-state index < -0.39 is 0 Å². The van der Waals surface area contributed by atoms with Crippen molar-refractivity contribution in [1.29, 1.82) is 0 Å². The number of nitrogens with one attached hydrogen (secondary N) is 1. The van der Waals surface area contributed by atoms with Crippen LogP contribution in [0.25, 0.3) is 11.1 Å². The monoisotopic (exact) mass is 354 g/mol. The van der Waals surface area contributed by atoms with Crippen LogP contribution in [0.5, 0.6) is 5.75 Å². The SMILES string of the molecule is Fc1ccc(-c2cncc(CNCCOc3ccccc3S)c2)cc1. The van der Waals surface area contributed by atoms with E-state index in [1.54, 1.807) is 18.3 Å². The zero-order chi connectivity index (χ0) is 17.5. The molecule has 0 bridgehead atoms.